The fraction of sp³-hybridized carbons (Fsp3) is 0.682. The lowest BCUT2D eigenvalue weighted by Crippen LogP contribution is -2.26. The van der Waals surface area contributed by atoms with Crippen LogP contribution in [0.1, 0.15) is 168 Å². The van der Waals surface area contributed by atoms with Crippen molar-refractivity contribution in [3.05, 3.63) is 46.5 Å². The third-order valence-corrected chi connectivity index (χ3v) is 9.93. The minimum Gasteiger partial charge on any atom is -0.508 e. The number of carbonyl (C=O) groups is 2. The smallest absolute Gasteiger partial charge is 0.423 e. The molecule has 2 aromatic rings. The van der Waals surface area contributed by atoms with E-state index >= 15 is 0 Å². The molecule has 2 atom stereocenters. The van der Waals surface area contributed by atoms with Crippen LogP contribution in [0.25, 0.3) is 0 Å². The zero-order chi connectivity index (χ0) is 37.1. The summed E-state index contributed by atoms with van der Waals surface area (Å²) in [6.45, 7) is 17.7. The predicted molar refractivity (Wildman–Crippen MR) is 206 cm³/mol. The Kier molecular flexibility index (Phi) is 20.2. The molecule has 282 valence electrons. The second kappa shape index (κ2) is 23.5. The van der Waals surface area contributed by atoms with Gasteiger partial charge in [-0.15, -0.1) is 0 Å². The lowest BCUT2D eigenvalue weighted by atomic mass is 9.93. The molecular weight excluding hydrogens is 624 g/mol. The first-order chi connectivity index (χ1) is 23.8. The van der Waals surface area contributed by atoms with Gasteiger partial charge in [0.05, 0.1) is 0 Å². The van der Waals surface area contributed by atoms with E-state index in [1.807, 2.05) is 0 Å². The van der Waals surface area contributed by atoms with Crippen LogP contribution < -0.4 is 9.47 Å². The lowest BCUT2D eigenvalue weighted by molar-refractivity contribution is -0.156. The van der Waals surface area contributed by atoms with E-state index in [9.17, 15) is 19.8 Å². The van der Waals surface area contributed by atoms with Crippen LogP contribution in [0.15, 0.2) is 24.3 Å². The average molecular weight is 695 g/mol. The molecule has 0 aliphatic carbocycles. The van der Waals surface area contributed by atoms with E-state index in [0.717, 1.165) is 101 Å². The van der Waals surface area contributed by atoms with Crippen LogP contribution in [-0.4, -0.2) is 22.2 Å². The van der Waals surface area contributed by atoms with Crippen molar-refractivity contribution in [3.63, 3.8) is 0 Å². The number of carbonyl (C=O) groups excluding carboxylic acids is 2. The van der Waals surface area contributed by atoms with Crippen molar-refractivity contribution in [2.45, 2.75) is 171 Å². The van der Waals surface area contributed by atoms with Gasteiger partial charge in [0.25, 0.3) is 0 Å². The Morgan fingerprint density at radius 1 is 0.520 bits per heavy atom. The molecule has 0 saturated carbocycles. The quantitative estimate of drug-likeness (QED) is 0.0492. The van der Waals surface area contributed by atoms with Crippen molar-refractivity contribution in [2.24, 2.45) is 23.7 Å². The molecule has 0 aromatic heterocycles. The molecule has 0 aliphatic heterocycles. The Balaban J connectivity index is 2.29. The molecule has 0 saturated heterocycles. The molecule has 0 aliphatic rings. The number of phenols is 2. The number of ether oxygens (including phenoxy) is 2. The van der Waals surface area contributed by atoms with Crippen molar-refractivity contribution in [3.8, 4) is 23.0 Å². The number of hydrogen-bond donors (Lipinski definition) is 2. The molecule has 0 heterocycles. The van der Waals surface area contributed by atoms with Crippen LogP contribution in [0.4, 0.5) is 0 Å². The van der Waals surface area contributed by atoms with Gasteiger partial charge in [-0.3, -0.25) is 0 Å². The number of phenolic OH excluding ortho intramolecular Hbond substituents is 2. The van der Waals surface area contributed by atoms with Gasteiger partial charge < -0.3 is 19.7 Å². The summed E-state index contributed by atoms with van der Waals surface area (Å²) in [5, 5.41) is 22.2. The molecule has 2 N–H and O–H groups in total. The topological polar surface area (TPSA) is 93.1 Å². The van der Waals surface area contributed by atoms with Crippen molar-refractivity contribution in [1.82, 2.24) is 0 Å². The van der Waals surface area contributed by atoms with E-state index in [1.165, 1.54) is 12.8 Å². The summed E-state index contributed by atoms with van der Waals surface area (Å²) >= 11 is 0. The molecule has 0 amide bonds. The third kappa shape index (κ3) is 16.3. The first-order valence-electron chi connectivity index (χ1n) is 20.0. The minimum atomic E-state index is -1.13. The van der Waals surface area contributed by atoms with Crippen LogP contribution in [-0.2, 0) is 35.3 Å². The van der Waals surface area contributed by atoms with Crippen LogP contribution in [0.3, 0.4) is 0 Å². The SMILES string of the molecule is CCCCCc1cc(O)c(CC[C@@H](C)CCCC(C)C)c(OC(=O)C(=O)Oc2cc(CCCCC)cc(O)c2CC[C@@H](C)CCCC(C)C)c1. The molecule has 0 spiro atoms. The highest BCUT2D eigenvalue weighted by molar-refractivity contribution is 6.31. The van der Waals surface area contributed by atoms with Gasteiger partial charge in [0, 0.05) is 11.1 Å². The van der Waals surface area contributed by atoms with Gasteiger partial charge in [0.2, 0.25) is 0 Å². The number of unbranched alkanes of at least 4 members (excludes halogenated alkanes) is 4. The number of aryl methyl sites for hydroxylation is 2. The summed E-state index contributed by atoms with van der Waals surface area (Å²) in [6.07, 6.45) is 17.3. The Labute approximate surface area is 304 Å². The number of aromatic hydroxyl groups is 2. The monoisotopic (exact) mass is 695 g/mol. The normalized spacial score (nSPS) is 12.8. The van der Waals surface area contributed by atoms with Crippen molar-refractivity contribution >= 4 is 11.9 Å². The van der Waals surface area contributed by atoms with Gasteiger partial charge in [0.15, 0.2) is 0 Å². The van der Waals surface area contributed by atoms with E-state index < -0.39 is 11.9 Å². The van der Waals surface area contributed by atoms with Crippen LogP contribution >= 0.6 is 0 Å². The highest BCUT2D eigenvalue weighted by Gasteiger charge is 2.25. The fourth-order valence-corrected chi connectivity index (χ4v) is 6.61. The van der Waals surface area contributed by atoms with E-state index in [0.29, 0.717) is 47.6 Å². The summed E-state index contributed by atoms with van der Waals surface area (Å²) in [5.74, 6) is 0.597. The number of hydrogen-bond acceptors (Lipinski definition) is 6. The molecule has 2 rings (SSSR count). The van der Waals surface area contributed by atoms with Crippen LogP contribution in [0, 0.1) is 23.7 Å². The van der Waals surface area contributed by atoms with Gasteiger partial charge in [-0.05, 0) is 110 Å². The minimum absolute atomic E-state index is 0.0963. The molecule has 6 nitrogen and oxygen atoms in total. The number of benzene rings is 2. The van der Waals surface area contributed by atoms with E-state index in [-0.39, 0.29) is 23.0 Å². The Morgan fingerprint density at radius 2 is 0.900 bits per heavy atom. The Hall–Kier alpha value is -3.02. The van der Waals surface area contributed by atoms with Gasteiger partial charge >= 0.3 is 11.9 Å². The molecule has 0 bridgehead atoms. The molecule has 6 heteroatoms. The van der Waals surface area contributed by atoms with Crippen LogP contribution in [0.5, 0.6) is 23.0 Å². The number of esters is 2. The highest BCUT2D eigenvalue weighted by atomic mass is 16.6. The van der Waals surface area contributed by atoms with E-state index in [4.69, 9.17) is 9.47 Å². The maximum atomic E-state index is 13.4. The van der Waals surface area contributed by atoms with Gasteiger partial charge in [-0.25, -0.2) is 9.59 Å². The Morgan fingerprint density at radius 3 is 1.24 bits per heavy atom. The van der Waals surface area contributed by atoms with Gasteiger partial charge in [-0.2, -0.15) is 0 Å². The standard InChI is InChI=1S/C44H70O6/c1-9-11-13-21-35-27-39(45)37(25-23-33(7)19-15-17-31(3)4)41(29-35)49-43(47)44(48)50-42-30-36(22-14-12-10-2)28-40(46)38(42)26-24-34(8)20-16-18-32(5)6/h27-34,45-46H,9-26H2,1-8H3/t33-,34-/m0/s1. The first kappa shape index (κ1) is 43.1. The molecular formula is C44H70O6. The summed E-state index contributed by atoms with van der Waals surface area (Å²) in [6, 6.07) is 7.14. The van der Waals surface area contributed by atoms with Crippen molar-refractivity contribution in [1.29, 1.82) is 0 Å². The second-order valence-corrected chi connectivity index (χ2v) is 15.8. The maximum Gasteiger partial charge on any atom is 0.423 e. The number of rotatable bonds is 24. The average Bonchev–Trinajstić information content (AvgIpc) is 3.03. The molecule has 2 aromatic carbocycles. The van der Waals surface area contributed by atoms with Crippen LogP contribution in [0.2, 0.25) is 0 Å². The zero-order valence-electron chi connectivity index (χ0n) is 32.9. The summed E-state index contributed by atoms with van der Waals surface area (Å²) in [5.41, 5.74) is 2.83. The highest BCUT2D eigenvalue weighted by Crippen LogP contribution is 2.35. The second-order valence-electron chi connectivity index (χ2n) is 15.8. The molecule has 0 fully saturated rings. The summed E-state index contributed by atoms with van der Waals surface area (Å²) < 4.78 is 11.5. The fourth-order valence-electron chi connectivity index (χ4n) is 6.61. The summed E-state index contributed by atoms with van der Waals surface area (Å²) in [4.78, 5) is 26.8. The lowest BCUT2D eigenvalue weighted by Gasteiger charge is -2.18. The van der Waals surface area contributed by atoms with Crippen molar-refractivity contribution in [2.75, 3.05) is 0 Å². The molecule has 50 heavy (non-hydrogen) atoms. The first-order valence-corrected chi connectivity index (χ1v) is 20.0. The zero-order valence-corrected chi connectivity index (χ0v) is 32.9. The largest absolute Gasteiger partial charge is 0.508 e. The Bertz CT molecular complexity index is 1200. The predicted octanol–water partition coefficient (Wildman–Crippen LogP) is 11.9. The molecule has 0 unspecified atom stereocenters. The van der Waals surface area contributed by atoms with Crippen molar-refractivity contribution < 1.29 is 29.3 Å². The third-order valence-electron chi connectivity index (χ3n) is 9.93. The summed E-state index contributed by atoms with van der Waals surface area (Å²) in [7, 11) is 0. The van der Waals surface area contributed by atoms with Gasteiger partial charge in [0.1, 0.15) is 23.0 Å². The maximum absolute atomic E-state index is 13.4. The van der Waals surface area contributed by atoms with Gasteiger partial charge in [-0.1, -0.05) is 120 Å². The van der Waals surface area contributed by atoms with E-state index in [2.05, 4.69) is 55.4 Å². The van der Waals surface area contributed by atoms with E-state index in [1.54, 1.807) is 24.3 Å². The molecule has 0 radical (unpaired) electrons.